The number of aryl methyl sites for hydroxylation is 2. The summed E-state index contributed by atoms with van der Waals surface area (Å²) >= 11 is 0. The Morgan fingerprint density at radius 3 is 2.17 bits per heavy atom. The first-order valence-electron chi connectivity index (χ1n) is 9.10. The van der Waals surface area contributed by atoms with Gasteiger partial charge in [0.05, 0.1) is 4.90 Å². The fourth-order valence-corrected chi connectivity index (χ4v) is 4.99. The van der Waals surface area contributed by atoms with Crippen LogP contribution >= 0.6 is 0 Å². The Morgan fingerprint density at radius 1 is 0.828 bits per heavy atom. The quantitative estimate of drug-likeness (QED) is 0.623. The topological polar surface area (TPSA) is 73.2 Å². The van der Waals surface area contributed by atoms with Gasteiger partial charge < -0.3 is 4.57 Å². The summed E-state index contributed by atoms with van der Waals surface area (Å²) < 4.78 is 27.8. The number of para-hydroxylation sites is 1. The van der Waals surface area contributed by atoms with Crippen LogP contribution in [-0.2, 0) is 26.5 Å². The molecule has 1 heterocycles. The molecule has 0 saturated carbocycles. The molecule has 5 nitrogen and oxygen atoms in total. The highest BCUT2D eigenvalue weighted by Gasteiger charge is 2.33. The van der Waals surface area contributed by atoms with E-state index in [-0.39, 0.29) is 10.5 Å². The number of ketones is 2. The maximum Gasteiger partial charge on any atom is 0.210 e. The minimum atomic E-state index is -4.07. The number of nitrogens with zero attached hydrogens (tertiary/aromatic N) is 1. The largest absolute Gasteiger partial charge is 0.347 e. The molecule has 4 rings (SSSR count). The summed E-state index contributed by atoms with van der Waals surface area (Å²) in [4.78, 5) is 25.2. The van der Waals surface area contributed by atoms with Gasteiger partial charge in [0, 0.05) is 40.9 Å². The van der Waals surface area contributed by atoms with E-state index in [0.29, 0.717) is 5.56 Å². The highest BCUT2D eigenvalue weighted by molar-refractivity contribution is 7.96. The predicted octanol–water partition coefficient (Wildman–Crippen LogP) is 3.69. The summed E-state index contributed by atoms with van der Waals surface area (Å²) in [5.41, 5.74) is 3.54. The molecular formula is C23H19NO4S. The first-order chi connectivity index (χ1) is 13.7. The predicted molar refractivity (Wildman–Crippen MR) is 112 cm³/mol. The monoisotopic (exact) mass is 405 g/mol. The Balaban J connectivity index is 1.82. The van der Waals surface area contributed by atoms with Crippen LogP contribution in [0.5, 0.6) is 0 Å². The average molecular weight is 405 g/mol. The number of carbonyl (C=O) groups is 2. The van der Waals surface area contributed by atoms with Gasteiger partial charge in [-0.2, -0.15) is 0 Å². The van der Waals surface area contributed by atoms with Gasteiger partial charge in [0.2, 0.25) is 9.84 Å². The van der Waals surface area contributed by atoms with Crippen molar-refractivity contribution < 1.29 is 18.0 Å². The van der Waals surface area contributed by atoms with Crippen LogP contribution in [0, 0.1) is 13.8 Å². The van der Waals surface area contributed by atoms with Gasteiger partial charge in [0.25, 0.3) is 0 Å². The van der Waals surface area contributed by atoms with Crippen LogP contribution < -0.4 is 0 Å². The van der Waals surface area contributed by atoms with Gasteiger partial charge in [0.15, 0.2) is 11.6 Å². The zero-order valence-corrected chi connectivity index (χ0v) is 17.1. The van der Waals surface area contributed by atoms with Crippen LogP contribution in [0.15, 0.2) is 70.5 Å². The van der Waals surface area contributed by atoms with Crippen molar-refractivity contribution in [1.82, 2.24) is 4.57 Å². The lowest BCUT2D eigenvalue weighted by Crippen LogP contribution is -2.19. The molecule has 1 aliphatic rings. The molecule has 0 saturated heterocycles. The van der Waals surface area contributed by atoms with E-state index in [1.165, 1.54) is 12.1 Å². The molecule has 0 aliphatic heterocycles. The summed E-state index contributed by atoms with van der Waals surface area (Å²) in [6.45, 7) is 3.71. The number of hydrogen-bond donors (Lipinski definition) is 0. The van der Waals surface area contributed by atoms with Crippen LogP contribution in [-0.4, -0.2) is 24.6 Å². The Labute approximate surface area is 168 Å². The molecule has 0 amide bonds. The Kier molecular flexibility index (Phi) is 4.39. The second-order valence-corrected chi connectivity index (χ2v) is 9.07. The molecular weight excluding hydrogens is 386 g/mol. The lowest BCUT2D eigenvalue weighted by Gasteiger charge is -2.14. The van der Waals surface area contributed by atoms with Gasteiger partial charge in [0.1, 0.15) is 4.91 Å². The van der Waals surface area contributed by atoms with Crippen LogP contribution in [0.2, 0.25) is 0 Å². The molecule has 3 aromatic rings. The molecule has 0 bridgehead atoms. The van der Waals surface area contributed by atoms with Gasteiger partial charge in [-0.25, -0.2) is 8.42 Å². The summed E-state index contributed by atoms with van der Waals surface area (Å²) in [6, 6.07) is 13.8. The lowest BCUT2D eigenvalue weighted by molar-refractivity contribution is -0.113. The average Bonchev–Trinajstić information content (AvgIpc) is 2.94. The molecule has 0 unspecified atom stereocenters. The third-order valence-electron chi connectivity index (χ3n) is 5.34. The second kappa shape index (κ2) is 6.67. The van der Waals surface area contributed by atoms with Gasteiger partial charge >= 0.3 is 0 Å². The van der Waals surface area contributed by atoms with Crippen molar-refractivity contribution in [3.8, 4) is 0 Å². The molecule has 0 spiro atoms. The Bertz CT molecular complexity index is 1350. The van der Waals surface area contributed by atoms with Crippen molar-refractivity contribution in [1.29, 1.82) is 0 Å². The van der Waals surface area contributed by atoms with E-state index in [1.807, 2.05) is 49.7 Å². The fourth-order valence-electron chi connectivity index (χ4n) is 3.65. The summed E-state index contributed by atoms with van der Waals surface area (Å²) in [6.07, 6.45) is 2.10. The summed E-state index contributed by atoms with van der Waals surface area (Å²) in [5, 5.41) is 0.846. The second-order valence-electron chi connectivity index (χ2n) is 7.15. The maximum atomic E-state index is 12.9. The van der Waals surface area contributed by atoms with Crippen molar-refractivity contribution in [2.75, 3.05) is 0 Å². The molecule has 0 fully saturated rings. The number of carbonyl (C=O) groups excluding carboxylic acids is 2. The highest BCUT2D eigenvalue weighted by Crippen LogP contribution is 2.34. The zero-order chi connectivity index (χ0) is 20.9. The third-order valence-corrected chi connectivity index (χ3v) is 7.13. The van der Waals surface area contributed by atoms with Gasteiger partial charge in [-0.15, -0.1) is 0 Å². The van der Waals surface area contributed by atoms with Crippen molar-refractivity contribution in [2.45, 2.75) is 18.7 Å². The number of allylic oxidation sites excluding steroid dienone is 4. The molecule has 29 heavy (non-hydrogen) atoms. The molecule has 6 heteroatoms. The van der Waals surface area contributed by atoms with E-state index in [0.717, 1.165) is 34.3 Å². The number of rotatable bonds is 3. The van der Waals surface area contributed by atoms with Crippen LogP contribution in [0.4, 0.5) is 0 Å². The Morgan fingerprint density at radius 2 is 1.48 bits per heavy atom. The lowest BCUT2D eigenvalue weighted by atomic mass is 9.94. The smallest absolute Gasteiger partial charge is 0.210 e. The first-order valence-corrected chi connectivity index (χ1v) is 10.6. The number of hydrogen-bond acceptors (Lipinski definition) is 4. The normalized spacial score (nSPS) is 14.9. The number of sulfone groups is 1. The number of benzene rings is 2. The standard InChI is InChI=1S/C23H19NO4S/c1-14-8-10-16(11-9-14)29(27,28)22-13-20(25)18(12-21(22)26)23-15(2)24(3)19-7-5-4-6-17(19)23/h4-13H,1-3H3. The van der Waals surface area contributed by atoms with Crippen LogP contribution in [0.25, 0.3) is 16.5 Å². The Hall–Kier alpha value is -3.25. The number of fused-ring (bicyclic) bond motifs is 1. The first kappa shape index (κ1) is 19.1. The van der Waals surface area contributed by atoms with Gasteiger partial charge in [-0.3, -0.25) is 9.59 Å². The maximum absolute atomic E-state index is 12.9. The van der Waals surface area contributed by atoms with Crippen LogP contribution in [0.1, 0.15) is 16.8 Å². The third kappa shape index (κ3) is 2.96. The summed E-state index contributed by atoms with van der Waals surface area (Å²) in [7, 11) is -2.18. The zero-order valence-electron chi connectivity index (χ0n) is 16.3. The minimum Gasteiger partial charge on any atom is -0.347 e. The van der Waals surface area contributed by atoms with Crippen LogP contribution in [0.3, 0.4) is 0 Å². The van der Waals surface area contributed by atoms with Crippen molar-refractivity contribution in [3.63, 3.8) is 0 Å². The molecule has 1 aliphatic carbocycles. The van der Waals surface area contributed by atoms with E-state index in [2.05, 4.69) is 0 Å². The van der Waals surface area contributed by atoms with E-state index >= 15 is 0 Å². The molecule has 0 atom stereocenters. The van der Waals surface area contributed by atoms with Crippen molar-refractivity contribution in [2.24, 2.45) is 7.05 Å². The van der Waals surface area contributed by atoms with E-state index in [1.54, 1.807) is 12.1 Å². The molecule has 1 aromatic heterocycles. The minimum absolute atomic E-state index is 0.00584. The van der Waals surface area contributed by atoms with E-state index in [4.69, 9.17) is 0 Å². The molecule has 2 aromatic carbocycles. The van der Waals surface area contributed by atoms with Gasteiger partial charge in [-0.1, -0.05) is 35.9 Å². The SMILES string of the molecule is Cc1ccc(S(=O)(=O)C2=CC(=O)C(c3c(C)n(C)c4ccccc34)=CC2=O)cc1. The summed E-state index contributed by atoms with van der Waals surface area (Å²) in [5.74, 6) is -1.18. The van der Waals surface area contributed by atoms with Crippen molar-refractivity contribution >= 4 is 37.9 Å². The number of aromatic nitrogens is 1. The molecule has 146 valence electrons. The molecule has 0 radical (unpaired) electrons. The fraction of sp³-hybridized carbons (Fsp3) is 0.130. The highest BCUT2D eigenvalue weighted by atomic mass is 32.2. The van der Waals surface area contributed by atoms with E-state index < -0.39 is 26.3 Å². The van der Waals surface area contributed by atoms with E-state index in [9.17, 15) is 18.0 Å². The van der Waals surface area contributed by atoms with Gasteiger partial charge in [-0.05, 0) is 38.1 Å². The van der Waals surface area contributed by atoms with Crippen molar-refractivity contribution in [3.05, 3.63) is 82.4 Å². The molecule has 0 N–H and O–H groups in total.